The summed E-state index contributed by atoms with van der Waals surface area (Å²) in [7, 11) is 0. The Hall–Kier alpha value is -1.03. The van der Waals surface area contributed by atoms with E-state index in [4.69, 9.17) is 4.74 Å². The molecule has 0 bridgehead atoms. The zero-order valence-electron chi connectivity index (χ0n) is 11.7. The Bertz CT molecular complexity index is 505. The molecule has 3 unspecified atom stereocenters. The van der Waals surface area contributed by atoms with Gasteiger partial charge in [0.25, 0.3) is 0 Å². The van der Waals surface area contributed by atoms with E-state index in [1.165, 1.54) is 0 Å². The van der Waals surface area contributed by atoms with Crippen molar-refractivity contribution in [3.63, 3.8) is 0 Å². The maximum absolute atomic E-state index is 12.8. The van der Waals surface area contributed by atoms with Crippen molar-refractivity contribution in [2.45, 2.75) is 25.8 Å². The second-order valence-corrected chi connectivity index (χ2v) is 6.49. The van der Waals surface area contributed by atoms with Gasteiger partial charge >= 0.3 is 0 Å². The molecule has 1 aromatic rings. The lowest BCUT2D eigenvalue weighted by atomic mass is 9.95. The fourth-order valence-electron chi connectivity index (χ4n) is 3.24. The fourth-order valence-corrected chi connectivity index (χ4v) is 4.23. The highest BCUT2D eigenvalue weighted by Crippen LogP contribution is 2.31. The molecule has 4 heteroatoms. The van der Waals surface area contributed by atoms with E-state index in [1.807, 2.05) is 18.2 Å². The standard InChI is InChI=1S/C16H20BrNO2/c1-11-6-7-18(14(11)9-17)16(19)13-8-12-4-2-3-5-15(12)20-10-13/h2-5,11,13-14H,6-10H2,1H3. The van der Waals surface area contributed by atoms with Gasteiger partial charge in [-0.25, -0.2) is 0 Å². The first-order valence-corrected chi connectivity index (χ1v) is 8.40. The number of alkyl halides is 1. The molecule has 3 nitrogen and oxygen atoms in total. The molecule has 20 heavy (non-hydrogen) atoms. The molecule has 3 atom stereocenters. The second kappa shape index (κ2) is 5.76. The van der Waals surface area contributed by atoms with Crippen LogP contribution in [0.4, 0.5) is 0 Å². The quantitative estimate of drug-likeness (QED) is 0.776. The third kappa shape index (κ3) is 2.46. The zero-order valence-corrected chi connectivity index (χ0v) is 13.3. The number of fused-ring (bicyclic) bond motifs is 1. The Balaban J connectivity index is 1.73. The molecular formula is C16H20BrNO2. The van der Waals surface area contributed by atoms with E-state index >= 15 is 0 Å². The zero-order chi connectivity index (χ0) is 14.1. The minimum atomic E-state index is -0.0308. The summed E-state index contributed by atoms with van der Waals surface area (Å²) in [6.45, 7) is 3.62. The number of hydrogen-bond acceptors (Lipinski definition) is 2. The molecule has 0 N–H and O–H groups in total. The predicted octanol–water partition coefficient (Wildman–Crippen LogP) is 2.87. The Morgan fingerprint density at radius 3 is 3.05 bits per heavy atom. The van der Waals surface area contributed by atoms with Gasteiger partial charge in [0.1, 0.15) is 12.4 Å². The number of amides is 1. The molecule has 0 aliphatic carbocycles. The summed E-state index contributed by atoms with van der Waals surface area (Å²) in [5, 5.41) is 0.865. The van der Waals surface area contributed by atoms with Crippen LogP contribution in [0, 0.1) is 11.8 Å². The van der Waals surface area contributed by atoms with Crippen LogP contribution in [-0.4, -0.2) is 35.3 Å². The molecule has 0 radical (unpaired) electrons. The third-order valence-corrected chi connectivity index (χ3v) is 5.22. The lowest BCUT2D eigenvalue weighted by Crippen LogP contribution is -2.45. The van der Waals surface area contributed by atoms with E-state index in [1.54, 1.807) is 0 Å². The van der Waals surface area contributed by atoms with E-state index in [0.717, 1.165) is 36.0 Å². The SMILES string of the molecule is CC1CCN(C(=O)C2COc3ccccc3C2)C1CBr. The first-order chi connectivity index (χ1) is 9.70. The predicted molar refractivity (Wildman–Crippen MR) is 82.2 cm³/mol. The summed E-state index contributed by atoms with van der Waals surface area (Å²) in [5.74, 6) is 1.74. The maximum Gasteiger partial charge on any atom is 0.229 e. The van der Waals surface area contributed by atoms with Crippen molar-refractivity contribution in [2.24, 2.45) is 11.8 Å². The van der Waals surface area contributed by atoms with Gasteiger partial charge in [0.2, 0.25) is 5.91 Å². The first kappa shape index (κ1) is 13.9. The van der Waals surface area contributed by atoms with Crippen molar-refractivity contribution in [2.75, 3.05) is 18.5 Å². The van der Waals surface area contributed by atoms with Gasteiger partial charge in [-0.15, -0.1) is 0 Å². The van der Waals surface area contributed by atoms with Crippen LogP contribution in [-0.2, 0) is 11.2 Å². The van der Waals surface area contributed by atoms with Crippen LogP contribution in [0.1, 0.15) is 18.9 Å². The van der Waals surface area contributed by atoms with Crippen LogP contribution in [0.2, 0.25) is 0 Å². The number of nitrogens with zero attached hydrogens (tertiary/aromatic N) is 1. The van der Waals surface area contributed by atoms with Gasteiger partial charge in [-0.3, -0.25) is 4.79 Å². The van der Waals surface area contributed by atoms with Gasteiger partial charge in [0.05, 0.1) is 5.92 Å². The second-order valence-electron chi connectivity index (χ2n) is 5.84. The fraction of sp³-hybridized carbons (Fsp3) is 0.562. The normalized spacial score (nSPS) is 28.9. The maximum atomic E-state index is 12.8. The highest BCUT2D eigenvalue weighted by Gasteiger charge is 2.38. The average molecular weight is 338 g/mol. The van der Waals surface area contributed by atoms with Crippen molar-refractivity contribution in [3.8, 4) is 5.75 Å². The molecule has 1 aromatic carbocycles. The summed E-state index contributed by atoms with van der Waals surface area (Å²) in [5.41, 5.74) is 1.15. The summed E-state index contributed by atoms with van der Waals surface area (Å²) in [4.78, 5) is 14.8. The van der Waals surface area contributed by atoms with Crippen molar-refractivity contribution >= 4 is 21.8 Å². The van der Waals surface area contributed by atoms with Gasteiger partial charge in [0.15, 0.2) is 0 Å². The number of para-hydroxylation sites is 1. The molecule has 3 rings (SSSR count). The van der Waals surface area contributed by atoms with Crippen LogP contribution in [0.15, 0.2) is 24.3 Å². The third-order valence-electron chi connectivity index (χ3n) is 4.55. The molecule has 2 aliphatic rings. The van der Waals surface area contributed by atoms with E-state index in [-0.39, 0.29) is 11.8 Å². The highest BCUT2D eigenvalue weighted by molar-refractivity contribution is 9.09. The number of likely N-dealkylation sites (tertiary alicyclic amines) is 1. The van der Waals surface area contributed by atoms with Crippen LogP contribution < -0.4 is 4.74 Å². The highest BCUT2D eigenvalue weighted by atomic mass is 79.9. The van der Waals surface area contributed by atoms with Crippen molar-refractivity contribution in [1.29, 1.82) is 0 Å². The first-order valence-electron chi connectivity index (χ1n) is 7.28. The Morgan fingerprint density at radius 1 is 1.45 bits per heavy atom. The molecule has 0 spiro atoms. The molecule has 0 aromatic heterocycles. The Morgan fingerprint density at radius 2 is 2.25 bits per heavy atom. The minimum absolute atomic E-state index is 0.0308. The van der Waals surface area contributed by atoms with Crippen LogP contribution >= 0.6 is 15.9 Å². The summed E-state index contributed by atoms with van der Waals surface area (Å²) >= 11 is 3.55. The summed E-state index contributed by atoms with van der Waals surface area (Å²) in [6.07, 6.45) is 1.90. The largest absolute Gasteiger partial charge is 0.492 e. The Kier molecular flexibility index (Phi) is 4.01. The number of hydrogen-bond donors (Lipinski definition) is 0. The molecule has 108 valence electrons. The number of benzene rings is 1. The number of rotatable bonds is 2. The van der Waals surface area contributed by atoms with Gasteiger partial charge in [-0.2, -0.15) is 0 Å². The van der Waals surface area contributed by atoms with E-state index in [0.29, 0.717) is 18.6 Å². The van der Waals surface area contributed by atoms with Crippen molar-refractivity contribution in [3.05, 3.63) is 29.8 Å². The van der Waals surface area contributed by atoms with Crippen LogP contribution in [0.25, 0.3) is 0 Å². The topological polar surface area (TPSA) is 29.5 Å². The molecule has 1 saturated heterocycles. The number of halogens is 1. The average Bonchev–Trinajstić information content (AvgIpc) is 2.86. The van der Waals surface area contributed by atoms with Crippen molar-refractivity contribution < 1.29 is 9.53 Å². The lowest BCUT2D eigenvalue weighted by Gasteiger charge is -2.31. The number of carbonyl (C=O) groups is 1. The molecule has 1 amide bonds. The van der Waals surface area contributed by atoms with E-state index < -0.39 is 0 Å². The van der Waals surface area contributed by atoms with Crippen LogP contribution in [0.3, 0.4) is 0 Å². The number of ether oxygens (including phenoxy) is 1. The van der Waals surface area contributed by atoms with Gasteiger partial charge in [0, 0.05) is 17.9 Å². The molecule has 2 heterocycles. The molecule has 2 aliphatic heterocycles. The lowest BCUT2D eigenvalue weighted by molar-refractivity contribution is -0.137. The molecule has 1 fully saturated rings. The Labute approximate surface area is 128 Å². The summed E-state index contributed by atoms with van der Waals surface area (Å²) in [6, 6.07) is 8.36. The van der Waals surface area contributed by atoms with Crippen LogP contribution in [0.5, 0.6) is 5.75 Å². The molecule has 0 saturated carbocycles. The van der Waals surface area contributed by atoms with Gasteiger partial charge in [-0.1, -0.05) is 41.1 Å². The summed E-state index contributed by atoms with van der Waals surface area (Å²) < 4.78 is 5.75. The van der Waals surface area contributed by atoms with Crippen molar-refractivity contribution in [1.82, 2.24) is 4.90 Å². The van der Waals surface area contributed by atoms with E-state index in [9.17, 15) is 4.79 Å². The van der Waals surface area contributed by atoms with Gasteiger partial charge < -0.3 is 9.64 Å². The molecular weight excluding hydrogens is 318 g/mol. The van der Waals surface area contributed by atoms with E-state index in [2.05, 4.69) is 33.8 Å². The monoisotopic (exact) mass is 337 g/mol. The minimum Gasteiger partial charge on any atom is -0.492 e. The number of carbonyl (C=O) groups excluding carboxylic acids is 1. The smallest absolute Gasteiger partial charge is 0.229 e. The van der Waals surface area contributed by atoms with Gasteiger partial charge in [-0.05, 0) is 30.4 Å².